The van der Waals surface area contributed by atoms with Gasteiger partial charge in [-0.1, -0.05) is 0 Å². The van der Waals surface area contributed by atoms with E-state index in [0.29, 0.717) is 0 Å². The zero-order chi connectivity index (χ0) is 7.68. The fraction of sp³-hybridized carbons (Fsp3) is 0.667. The molecule has 0 atom stereocenters. The first kappa shape index (κ1) is 6.89. The summed E-state index contributed by atoms with van der Waals surface area (Å²) in [6.45, 7) is 3.25. The summed E-state index contributed by atoms with van der Waals surface area (Å²) in [5.74, 6) is 0. The summed E-state index contributed by atoms with van der Waals surface area (Å²) in [7, 11) is 0. The van der Waals surface area contributed by atoms with E-state index in [9.17, 15) is 0 Å². The third-order valence-electron chi connectivity index (χ3n) is 2.45. The van der Waals surface area contributed by atoms with Crippen molar-refractivity contribution in [2.75, 3.05) is 0 Å². The molecule has 0 spiro atoms. The Bertz CT molecular complexity index is 237. The minimum Gasteiger partial charge on any atom is -0.335 e. The Morgan fingerprint density at radius 3 is 3.09 bits per heavy atom. The Labute approximate surface area is 67.3 Å². The van der Waals surface area contributed by atoms with Gasteiger partial charge in [0.2, 0.25) is 0 Å². The van der Waals surface area contributed by atoms with Crippen LogP contribution in [0.3, 0.4) is 0 Å². The van der Waals surface area contributed by atoms with Crippen molar-refractivity contribution < 1.29 is 0 Å². The topological polar surface area (TPSA) is 17.8 Å². The molecule has 1 heterocycles. The van der Waals surface area contributed by atoms with Crippen LogP contribution in [0.15, 0.2) is 6.33 Å². The molecule has 0 saturated carbocycles. The molecule has 1 aromatic heterocycles. The van der Waals surface area contributed by atoms with Gasteiger partial charge in [-0.05, 0) is 32.6 Å². The summed E-state index contributed by atoms with van der Waals surface area (Å²) in [5, 5.41) is 0. The molecule has 2 heteroatoms. The molecule has 0 N–H and O–H groups in total. The highest BCUT2D eigenvalue weighted by Gasteiger charge is 2.13. The van der Waals surface area contributed by atoms with E-state index >= 15 is 0 Å². The number of fused-ring (bicyclic) bond motifs is 1. The molecule has 0 aliphatic heterocycles. The van der Waals surface area contributed by atoms with Crippen molar-refractivity contribution in [3.63, 3.8) is 0 Å². The summed E-state index contributed by atoms with van der Waals surface area (Å²) in [4.78, 5) is 4.39. The summed E-state index contributed by atoms with van der Waals surface area (Å²) >= 11 is 0. The summed E-state index contributed by atoms with van der Waals surface area (Å²) in [6.07, 6.45) is 7.09. The first-order chi connectivity index (χ1) is 5.42. The summed E-state index contributed by atoms with van der Waals surface area (Å²) < 4.78 is 2.27. The second-order valence-corrected chi connectivity index (χ2v) is 3.13. The molecule has 0 bridgehead atoms. The van der Waals surface area contributed by atoms with Crippen LogP contribution in [-0.2, 0) is 19.4 Å². The average Bonchev–Trinajstić information content (AvgIpc) is 2.47. The summed E-state index contributed by atoms with van der Waals surface area (Å²) in [5.41, 5.74) is 2.83. The van der Waals surface area contributed by atoms with Gasteiger partial charge >= 0.3 is 0 Å². The third kappa shape index (κ3) is 1.06. The fourth-order valence-corrected chi connectivity index (χ4v) is 1.80. The van der Waals surface area contributed by atoms with E-state index in [4.69, 9.17) is 0 Å². The Kier molecular flexibility index (Phi) is 1.68. The maximum absolute atomic E-state index is 4.39. The molecule has 2 rings (SSSR count). The van der Waals surface area contributed by atoms with Crippen molar-refractivity contribution in [2.45, 2.75) is 39.2 Å². The molecule has 0 amide bonds. The number of imidazole rings is 1. The molecule has 0 radical (unpaired) electrons. The van der Waals surface area contributed by atoms with Crippen molar-refractivity contribution in [1.82, 2.24) is 9.55 Å². The maximum atomic E-state index is 4.39. The lowest BCUT2D eigenvalue weighted by Gasteiger charge is -2.12. The van der Waals surface area contributed by atoms with Crippen molar-refractivity contribution in [3.05, 3.63) is 17.7 Å². The number of aromatic nitrogens is 2. The lowest BCUT2D eigenvalue weighted by molar-refractivity contribution is 0.620. The molecule has 0 unspecified atom stereocenters. The molecular weight excluding hydrogens is 136 g/mol. The number of hydrogen-bond acceptors (Lipinski definition) is 1. The fourth-order valence-electron chi connectivity index (χ4n) is 1.80. The molecule has 1 aromatic rings. The number of nitrogens with zero attached hydrogens (tertiary/aromatic N) is 2. The van der Waals surface area contributed by atoms with E-state index in [0.717, 1.165) is 6.54 Å². The molecule has 11 heavy (non-hydrogen) atoms. The monoisotopic (exact) mass is 150 g/mol. The normalized spacial score (nSPS) is 16.5. The molecule has 60 valence electrons. The van der Waals surface area contributed by atoms with E-state index in [1.807, 2.05) is 6.33 Å². The smallest absolute Gasteiger partial charge is 0.0951 e. The first-order valence-corrected chi connectivity index (χ1v) is 4.44. The number of hydrogen-bond donors (Lipinski definition) is 0. The lowest BCUT2D eigenvalue weighted by Crippen LogP contribution is -2.06. The zero-order valence-corrected chi connectivity index (χ0v) is 7.01. The van der Waals surface area contributed by atoms with Crippen LogP contribution in [-0.4, -0.2) is 9.55 Å². The second kappa shape index (κ2) is 2.68. The Morgan fingerprint density at radius 1 is 1.45 bits per heavy atom. The molecule has 0 fully saturated rings. The molecular formula is C9H14N2. The zero-order valence-electron chi connectivity index (χ0n) is 7.01. The van der Waals surface area contributed by atoms with Gasteiger partial charge in [-0.2, -0.15) is 0 Å². The van der Waals surface area contributed by atoms with Crippen LogP contribution < -0.4 is 0 Å². The van der Waals surface area contributed by atoms with Gasteiger partial charge in [0.05, 0.1) is 12.0 Å². The van der Waals surface area contributed by atoms with Gasteiger partial charge in [0.15, 0.2) is 0 Å². The van der Waals surface area contributed by atoms with Crippen molar-refractivity contribution in [2.24, 2.45) is 0 Å². The maximum Gasteiger partial charge on any atom is 0.0951 e. The molecule has 1 aliphatic carbocycles. The Hall–Kier alpha value is -0.790. The van der Waals surface area contributed by atoms with Crippen molar-refractivity contribution in [3.8, 4) is 0 Å². The first-order valence-electron chi connectivity index (χ1n) is 4.44. The van der Waals surface area contributed by atoms with E-state index in [1.165, 1.54) is 37.1 Å². The van der Waals surface area contributed by atoms with Gasteiger partial charge < -0.3 is 4.57 Å². The average molecular weight is 150 g/mol. The predicted molar refractivity (Wildman–Crippen MR) is 44.5 cm³/mol. The van der Waals surface area contributed by atoms with Crippen LogP contribution in [0.5, 0.6) is 0 Å². The second-order valence-electron chi connectivity index (χ2n) is 3.13. The Balaban J connectivity index is 2.38. The van der Waals surface area contributed by atoms with Crippen LogP contribution in [0.4, 0.5) is 0 Å². The molecule has 1 aliphatic rings. The van der Waals surface area contributed by atoms with Crippen LogP contribution >= 0.6 is 0 Å². The van der Waals surface area contributed by atoms with Crippen LogP contribution in [0, 0.1) is 0 Å². The van der Waals surface area contributed by atoms with E-state index in [2.05, 4.69) is 16.5 Å². The predicted octanol–water partition coefficient (Wildman–Crippen LogP) is 1.78. The van der Waals surface area contributed by atoms with Crippen molar-refractivity contribution >= 4 is 0 Å². The van der Waals surface area contributed by atoms with Gasteiger partial charge in [0.25, 0.3) is 0 Å². The number of rotatable bonds is 1. The van der Waals surface area contributed by atoms with Gasteiger partial charge in [-0.3, -0.25) is 0 Å². The number of aryl methyl sites for hydroxylation is 2. The van der Waals surface area contributed by atoms with E-state index in [-0.39, 0.29) is 0 Å². The lowest BCUT2D eigenvalue weighted by atomic mass is 10.0. The van der Waals surface area contributed by atoms with Crippen LogP contribution in [0.2, 0.25) is 0 Å². The highest BCUT2D eigenvalue weighted by molar-refractivity contribution is 5.16. The van der Waals surface area contributed by atoms with Gasteiger partial charge in [0, 0.05) is 12.2 Å². The molecule has 0 aromatic carbocycles. The minimum absolute atomic E-state index is 1.07. The molecule has 2 nitrogen and oxygen atoms in total. The van der Waals surface area contributed by atoms with Gasteiger partial charge in [-0.15, -0.1) is 0 Å². The van der Waals surface area contributed by atoms with E-state index < -0.39 is 0 Å². The highest BCUT2D eigenvalue weighted by Crippen LogP contribution is 2.19. The quantitative estimate of drug-likeness (QED) is 0.596. The van der Waals surface area contributed by atoms with Crippen LogP contribution in [0.25, 0.3) is 0 Å². The standard InChI is InChI=1S/C9H14N2/c1-2-11-7-10-8-5-3-4-6-9(8)11/h7H,2-6H2,1H3. The Morgan fingerprint density at radius 2 is 2.27 bits per heavy atom. The van der Waals surface area contributed by atoms with Gasteiger partial charge in [-0.25, -0.2) is 4.98 Å². The van der Waals surface area contributed by atoms with E-state index in [1.54, 1.807) is 0 Å². The van der Waals surface area contributed by atoms with Gasteiger partial charge in [0.1, 0.15) is 0 Å². The highest BCUT2D eigenvalue weighted by atomic mass is 15.1. The van der Waals surface area contributed by atoms with Crippen LogP contribution in [0.1, 0.15) is 31.2 Å². The largest absolute Gasteiger partial charge is 0.335 e. The SMILES string of the molecule is CCn1cnc2c1CCCC2. The minimum atomic E-state index is 1.07. The summed E-state index contributed by atoms with van der Waals surface area (Å²) in [6, 6.07) is 0. The molecule has 0 saturated heterocycles. The van der Waals surface area contributed by atoms with Crippen molar-refractivity contribution in [1.29, 1.82) is 0 Å². The third-order valence-corrected chi connectivity index (χ3v) is 2.45.